The zero-order valence-electron chi connectivity index (χ0n) is 9.57. The molecule has 16 heavy (non-hydrogen) atoms. The Morgan fingerprint density at radius 2 is 2.25 bits per heavy atom. The molecule has 0 aliphatic rings. The van der Waals surface area contributed by atoms with Crippen molar-refractivity contribution in [3.8, 4) is 0 Å². The van der Waals surface area contributed by atoms with Crippen molar-refractivity contribution in [2.24, 2.45) is 7.05 Å². The van der Waals surface area contributed by atoms with Gasteiger partial charge in [0.25, 0.3) is 0 Å². The van der Waals surface area contributed by atoms with Crippen LogP contribution in [0.25, 0.3) is 0 Å². The molecule has 0 saturated heterocycles. The third-order valence-corrected chi connectivity index (χ3v) is 2.61. The topological polar surface area (TPSA) is 55.9 Å². The Labute approximate surface area is 95.1 Å². The lowest BCUT2D eigenvalue weighted by atomic mass is 10.2. The third-order valence-electron chi connectivity index (χ3n) is 2.61. The summed E-state index contributed by atoms with van der Waals surface area (Å²) in [5.41, 5.74) is 8.73. The first-order valence-corrected chi connectivity index (χ1v) is 5.23. The molecule has 4 heteroatoms. The van der Waals surface area contributed by atoms with E-state index < -0.39 is 0 Å². The van der Waals surface area contributed by atoms with Gasteiger partial charge in [-0.05, 0) is 30.7 Å². The van der Waals surface area contributed by atoms with Crippen LogP contribution in [-0.4, -0.2) is 9.55 Å². The average Bonchev–Trinajstić information content (AvgIpc) is 2.63. The van der Waals surface area contributed by atoms with Crippen LogP contribution >= 0.6 is 0 Å². The Balaban J connectivity index is 2.08. The van der Waals surface area contributed by atoms with Gasteiger partial charge in [0.05, 0.1) is 6.54 Å². The largest absolute Gasteiger partial charge is 0.399 e. The minimum absolute atomic E-state index is 0.717. The first kappa shape index (κ1) is 10.5. The number of nitrogen functional groups attached to an aromatic ring is 1. The Morgan fingerprint density at radius 3 is 2.88 bits per heavy atom. The quantitative estimate of drug-likeness (QED) is 0.771. The third kappa shape index (κ3) is 2.16. The van der Waals surface area contributed by atoms with Crippen LogP contribution in [0.5, 0.6) is 0 Å². The van der Waals surface area contributed by atoms with Crippen molar-refractivity contribution < 1.29 is 0 Å². The fourth-order valence-corrected chi connectivity index (χ4v) is 1.63. The van der Waals surface area contributed by atoms with Gasteiger partial charge >= 0.3 is 0 Å². The molecule has 0 atom stereocenters. The number of rotatable bonds is 3. The second-order valence-corrected chi connectivity index (χ2v) is 3.88. The van der Waals surface area contributed by atoms with E-state index in [0.717, 1.165) is 22.8 Å². The molecular weight excluding hydrogens is 200 g/mol. The van der Waals surface area contributed by atoms with Crippen LogP contribution in [0.1, 0.15) is 11.4 Å². The van der Waals surface area contributed by atoms with Gasteiger partial charge in [0.1, 0.15) is 5.82 Å². The van der Waals surface area contributed by atoms with Crippen LogP contribution in [0, 0.1) is 6.92 Å². The Kier molecular flexibility index (Phi) is 2.81. The lowest BCUT2D eigenvalue weighted by molar-refractivity contribution is 0.812. The summed E-state index contributed by atoms with van der Waals surface area (Å²) in [6.07, 6.45) is 3.74. The van der Waals surface area contributed by atoms with Gasteiger partial charge in [-0.25, -0.2) is 4.98 Å². The molecule has 0 bridgehead atoms. The molecule has 1 heterocycles. The van der Waals surface area contributed by atoms with E-state index in [2.05, 4.69) is 10.3 Å². The molecule has 0 spiro atoms. The van der Waals surface area contributed by atoms with Crippen molar-refractivity contribution >= 4 is 11.4 Å². The van der Waals surface area contributed by atoms with Gasteiger partial charge < -0.3 is 15.6 Å². The summed E-state index contributed by atoms with van der Waals surface area (Å²) in [7, 11) is 1.99. The summed E-state index contributed by atoms with van der Waals surface area (Å²) in [6.45, 7) is 2.76. The van der Waals surface area contributed by atoms with Crippen LogP contribution in [0.3, 0.4) is 0 Å². The summed E-state index contributed by atoms with van der Waals surface area (Å²) in [4.78, 5) is 4.25. The maximum absolute atomic E-state index is 5.70. The van der Waals surface area contributed by atoms with Crippen molar-refractivity contribution in [1.29, 1.82) is 0 Å². The van der Waals surface area contributed by atoms with Gasteiger partial charge in [-0.3, -0.25) is 0 Å². The zero-order chi connectivity index (χ0) is 11.5. The summed E-state index contributed by atoms with van der Waals surface area (Å²) >= 11 is 0. The minimum Gasteiger partial charge on any atom is -0.399 e. The second-order valence-electron chi connectivity index (χ2n) is 3.88. The van der Waals surface area contributed by atoms with Crippen molar-refractivity contribution in [1.82, 2.24) is 9.55 Å². The summed E-state index contributed by atoms with van der Waals surface area (Å²) in [6, 6.07) is 5.85. The number of benzene rings is 1. The van der Waals surface area contributed by atoms with Gasteiger partial charge in [-0.15, -0.1) is 0 Å². The lowest BCUT2D eigenvalue weighted by Gasteiger charge is -2.09. The Morgan fingerprint density at radius 1 is 1.44 bits per heavy atom. The van der Waals surface area contributed by atoms with Crippen molar-refractivity contribution in [2.75, 3.05) is 11.1 Å². The molecule has 0 radical (unpaired) electrons. The zero-order valence-corrected chi connectivity index (χ0v) is 9.57. The van der Waals surface area contributed by atoms with E-state index in [-0.39, 0.29) is 0 Å². The van der Waals surface area contributed by atoms with Gasteiger partial charge in [0, 0.05) is 30.8 Å². The molecule has 1 aromatic heterocycles. The van der Waals surface area contributed by atoms with Crippen molar-refractivity contribution in [3.63, 3.8) is 0 Å². The highest BCUT2D eigenvalue weighted by Crippen LogP contribution is 2.18. The number of imidazole rings is 1. The van der Waals surface area contributed by atoms with Crippen LogP contribution < -0.4 is 11.1 Å². The second kappa shape index (κ2) is 4.26. The minimum atomic E-state index is 0.717. The van der Waals surface area contributed by atoms with E-state index in [1.54, 1.807) is 6.20 Å². The molecule has 0 fully saturated rings. The van der Waals surface area contributed by atoms with Gasteiger partial charge in [-0.1, -0.05) is 0 Å². The highest BCUT2D eigenvalue weighted by atomic mass is 15.1. The lowest BCUT2D eigenvalue weighted by Crippen LogP contribution is -2.06. The maximum atomic E-state index is 5.70. The van der Waals surface area contributed by atoms with E-state index >= 15 is 0 Å². The molecule has 0 unspecified atom stereocenters. The van der Waals surface area contributed by atoms with E-state index in [1.165, 1.54) is 0 Å². The van der Waals surface area contributed by atoms with Crippen LogP contribution in [0.4, 0.5) is 11.4 Å². The molecule has 1 aromatic carbocycles. The molecule has 0 saturated carbocycles. The number of nitrogens with two attached hydrogens (primary N) is 1. The summed E-state index contributed by atoms with van der Waals surface area (Å²) < 4.78 is 2.00. The van der Waals surface area contributed by atoms with Crippen molar-refractivity contribution in [2.45, 2.75) is 13.5 Å². The average molecular weight is 216 g/mol. The highest BCUT2D eigenvalue weighted by Gasteiger charge is 2.01. The Bertz CT molecular complexity index is 488. The highest BCUT2D eigenvalue weighted by molar-refractivity contribution is 5.57. The van der Waals surface area contributed by atoms with Gasteiger partial charge in [-0.2, -0.15) is 0 Å². The smallest absolute Gasteiger partial charge is 0.127 e. The number of aromatic nitrogens is 2. The van der Waals surface area contributed by atoms with E-state index in [0.29, 0.717) is 6.54 Å². The molecule has 0 aliphatic heterocycles. The van der Waals surface area contributed by atoms with Gasteiger partial charge in [0.15, 0.2) is 0 Å². The molecule has 3 N–H and O–H groups in total. The number of nitrogens with zero attached hydrogens (tertiary/aromatic N) is 2. The first-order valence-electron chi connectivity index (χ1n) is 5.23. The van der Waals surface area contributed by atoms with Crippen LogP contribution in [0.15, 0.2) is 30.6 Å². The molecule has 0 aliphatic carbocycles. The van der Waals surface area contributed by atoms with Crippen LogP contribution in [0.2, 0.25) is 0 Å². The SMILES string of the molecule is Cc1cc(N)ccc1NCc1nccn1C. The fourth-order valence-electron chi connectivity index (χ4n) is 1.63. The molecule has 0 amide bonds. The molecule has 4 nitrogen and oxygen atoms in total. The maximum Gasteiger partial charge on any atom is 0.127 e. The number of nitrogens with one attached hydrogen (secondary N) is 1. The van der Waals surface area contributed by atoms with Gasteiger partial charge in [0.2, 0.25) is 0 Å². The molecule has 84 valence electrons. The predicted octanol–water partition coefficient (Wildman–Crippen LogP) is 1.92. The number of aryl methyl sites for hydroxylation is 2. The monoisotopic (exact) mass is 216 g/mol. The Hall–Kier alpha value is -1.97. The standard InChI is InChI=1S/C12H16N4/c1-9-7-10(13)3-4-11(9)15-8-12-14-5-6-16(12)2/h3-7,15H,8,13H2,1-2H3. The molecular formula is C12H16N4. The molecule has 2 aromatic rings. The summed E-state index contributed by atoms with van der Waals surface area (Å²) in [5, 5.41) is 3.34. The van der Waals surface area contributed by atoms with Crippen LogP contribution in [-0.2, 0) is 13.6 Å². The van der Waals surface area contributed by atoms with E-state index in [4.69, 9.17) is 5.73 Å². The summed E-state index contributed by atoms with van der Waals surface area (Å²) in [5.74, 6) is 1.01. The first-order chi connectivity index (χ1) is 7.66. The fraction of sp³-hybridized carbons (Fsp3) is 0.250. The number of hydrogen-bond acceptors (Lipinski definition) is 3. The normalized spacial score (nSPS) is 10.4. The number of anilines is 2. The van der Waals surface area contributed by atoms with E-state index in [1.807, 2.05) is 42.9 Å². The number of hydrogen-bond donors (Lipinski definition) is 2. The predicted molar refractivity (Wildman–Crippen MR) is 66.1 cm³/mol. The van der Waals surface area contributed by atoms with Crippen molar-refractivity contribution in [3.05, 3.63) is 42.0 Å². The van der Waals surface area contributed by atoms with E-state index in [9.17, 15) is 0 Å². The molecule has 2 rings (SSSR count).